The number of nitrogens with zero attached hydrogens (tertiary/aromatic N) is 1. The fourth-order valence-corrected chi connectivity index (χ4v) is 2.49. The van der Waals surface area contributed by atoms with E-state index in [0.717, 1.165) is 6.54 Å². The van der Waals surface area contributed by atoms with Crippen LogP contribution in [0.25, 0.3) is 0 Å². The first-order valence-electron chi connectivity index (χ1n) is 5.85. The highest BCUT2D eigenvalue weighted by molar-refractivity contribution is 5.75. The molecule has 1 aliphatic rings. The molecule has 0 aromatic carbocycles. The van der Waals surface area contributed by atoms with E-state index in [9.17, 15) is 15.0 Å². The fourth-order valence-electron chi connectivity index (χ4n) is 2.49. The maximum absolute atomic E-state index is 11.4. The summed E-state index contributed by atoms with van der Waals surface area (Å²) in [6.07, 6.45) is 0.677. The summed E-state index contributed by atoms with van der Waals surface area (Å²) in [6, 6.07) is 0. The molecule has 4 nitrogen and oxygen atoms in total. The van der Waals surface area contributed by atoms with Gasteiger partial charge in [0.25, 0.3) is 0 Å². The molecule has 1 atom stereocenters. The predicted octanol–water partition coefficient (Wildman–Crippen LogP) is 1.19. The standard InChI is InChI=1S/C12H23NO3/c1-9(2)12(10(14)15)5-6-13(8-12)7-11(3,4)16/h9,16H,5-8H2,1-4H3,(H,14,15). The highest BCUT2D eigenvalue weighted by Crippen LogP contribution is 2.38. The maximum atomic E-state index is 11.4. The monoisotopic (exact) mass is 229 g/mol. The lowest BCUT2D eigenvalue weighted by molar-refractivity contribution is -0.151. The third-order valence-electron chi connectivity index (χ3n) is 3.52. The van der Waals surface area contributed by atoms with Crippen molar-refractivity contribution >= 4 is 5.97 Å². The summed E-state index contributed by atoms with van der Waals surface area (Å²) in [5.74, 6) is -0.586. The molecule has 0 amide bonds. The van der Waals surface area contributed by atoms with Gasteiger partial charge in [-0.05, 0) is 32.7 Å². The van der Waals surface area contributed by atoms with Crippen LogP contribution >= 0.6 is 0 Å². The molecule has 0 spiro atoms. The van der Waals surface area contributed by atoms with Gasteiger partial charge in [0, 0.05) is 13.1 Å². The van der Waals surface area contributed by atoms with E-state index in [2.05, 4.69) is 0 Å². The van der Waals surface area contributed by atoms with E-state index in [1.807, 2.05) is 18.7 Å². The van der Waals surface area contributed by atoms with Gasteiger partial charge in [0.2, 0.25) is 0 Å². The number of β-amino-alcohol motifs (C(OH)–C–C–N with tert-alkyl or cyclic N) is 1. The Morgan fingerprint density at radius 2 is 2.06 bits per heavy atom. The Balaban J connectivity index is 2.72. The zero-order valence-corrected chi connectivity index (χ0v) is 10.7. The first-order valence-corrected chi connectivity index (χ1v) is 5.85. The number of hydrogen-bond donors (Lipinski definition) is 2. The molecule has 0 bridgehead atoms. The molecule has 1 saturated heterocycles. The highest BCUT2D eigenvalue weighted by Gasteiger charge is 2.47. The summed E-state index contributed by atoms with van der Waals surface area (Å²) >= 11 is 0. The molecular weight excluding hydrogens is 206 g/mol. The minimum Gasteiger partial charge on any atom is -0.481 e. The van der Waals surface area contributed by atoms with Crippen LogP contribution in [0.3, 0.4) is 0 Å². The van der Waals surface area contributed by atoms with Gasteiger partial charge >= 0.3 is 5.97 Å². The van der Waals surface area contributed by atoms with E-state index in [1.54, 1.807) is 13.8 Å². The molecule has 0 aromatic rings. The summed E-state index contributed by atoms with van der Waals surface area (Å²) in [7, 11) is 0. The lowest BCUT2D eigenvalue weighted by Crippen LogP contribution is -2.42. The summed E-state index contributed by atoms with van der Waals surface area (Å²) < 4.78 is 0. The number of aliphatic hydroxyl groups is 1. The quantitative estimate of drug-likeness (QED) is 0.760. The van der Waals surface area contributed by atoms with Crippen molar-refractivity contribution in [2.45, 2.75) is 39.7 Å². The number of aliphatic carboxylic acids is 1. The van der Waals surface area contributed by atoms with Crippen LogP contribution in [-0.2, 0) is 4.79 Å². The van der Waals surface area contributed by atoms with Crippen LogP contribution in [0.4, 0.5) is 0 Å². The largest absolute Gasteiger partial charge is 0.481 e. The zero-order chi connectivity index (χ0) is 12.6. The highest BCUT2D eigenvalue weighted by atomic mass is 16.4. The number of rotatable bonds is 4. The average molecular weight is 229 g/mol. The number of carbonyl (C=O) groups is 1. The first kappa shape index (κ1) is 13.5. The Labute approximate surface area is 97.3 Å². The third-order valence-corrected chi connectivity index (χ3v) is 3.52. The Hall–Kier alpha value is -0.610. The minimum absolute atomic E-state index is 0.122. The second kappa shape index (κ2) is 4.34. The molecule has 0 aromatic heterocycles. The van der Waals surface area contributed by atoms with Crippen LogP contribution in [0.15, 0.2) is 0 Å². The second-order valence-electron chi connectivity index (χ2n) is 5.89. The van der Waals surface area contributed by atoms with Crippen molar-refractivity contribution in [1.82, 2.24) is 4.90 Å². The summed E-state index contributed by atoms with van der Waals surface area (Å²) in [6.45, 7) is 9.27. The van der Waals surface area contributed by atoms with Gasteiger partial charge in [-0.25, -0.2) is 0 Å². The van der Waals surface area contributed by atoms with E-state index >= 15 is 0 Å². The van der Waals surface area contributed by atoms with Crippen LogP contribution in [0.5, 0.6) is 0 Å². The lowest BCUT2D eigenvalue weighted by Gasteiger charge is -2.30. The van der Waals surface area contributed by atoms with Crippen molar-refractivity contribution in [2.24, 2.45) is 11.3 Å². The summed E-state index contributed by atoms with van der Waals surface area (Å²) in [4.78, 5) is 13.4. The molecule has 1 fully saturated rings. The van der Waals surface area contributed by atoms with Crippen LogP contribution in [-0.4, -0.2) is 46.3 Å². The normalized spacial score (nSPS) is 27.6. The Kier molecular flexibility index (Phi) is 3.65. The molecule has 1 rings (SSSR count). The van der Waals surface area contributed by atoms with Crippen molar-refractivity contribution in [3.63, 3.8) is 0 Å². The van der Waals surface area contributed by atoms with Gasteiger partial charge in [-0.15, -0.1) is 0 Å². The Morgan fingerprint density at radius 3 is 2.38 bits per heavy atom. The van der Waals surface area contributed by atoms with Crippen molar-refractivity contribution in [3.05, 3.63) is 0 Å². The molecular formula is C12H23NO3. The fraction of sp³-hybridized carbons (Fsp3) is 0.917. The molecule has 0 aliphatic carbocycles. The zero-order valence-electron chi connectivity index (χ0n) is 10.7. The molecule has 1 heterocycles. The van der Waals surface area contributed by atoms with E-state index < -0.39 is 17.0 Å². The van der Waals surface area contributed by atoms with Gasteiger partial charge in [-0.2, -0.15) is 0 Å². The number of carboxylic acid groups (broad SMARTS) is 1. The Morgan fingerprint density at radius 1 is 1.50 bits per heavy atom. The van der Waals surface area contributed by atoms with Crippen LogP contribution < -0.4 is 0 Å². The minimum atomic E-state index is -0.758. The maximum Gasteiger partial charge on any atom is 0.311 e. The number of hydrogen-bond acceptors (Lipinski definition) is 3. The number of likely N-dealkylation sites (tertiary alicyclic amines) is 1. The molecule has 4 heteroatoms. The summed E-state index contributed by atoms with van der Waals surface area (Å²) in [5, 5.41) is 19.1. The SMILES string of the molecule is CC(C)C1(C(=O)O)CCN(CC(C)(C)O)C1. The molecule has 1 aliphatic heterocycles. The van der Waals surface area contributed by atoms with Crippen LogP contribution in [0.2, 0.25) is 0 Å². The van der Waals surface area contributed by atoms with Gasteiger partial charge in [0.05, 0.1) is 11.0 Å². The lowest BCUT2D eigenvalue weighted by atomic mass is 9.76. The molecule has 0 saturated carbocycles. The molecule has 94 valence electrons. The van der Waals surface area contributed by atoms with E-state index in [0.29, 0.717) is 19.5 Å². The topological polar surface area (TPSA) is 60.8 Å². The van der Waals surface area contributed by atoms with Gasteiger partial charge in [-0.3, -0.25) is 9.69 Å². The first-order chi connectivity index (χ1) is 7.17. The summed E-state index contributed by atoms with van der Waals surface area (Å²) in [5.41, 5.74) is -1.39. The van der Waals surface area contributed by atoms with E-state index in [1.165, 1.54) is 0 Å². The number of carboxylic acids is 1. The van der Waals surface area contributed by atoms with Gasteiger partial charge < -0.3 is 10.2 Å². The van der Waals surface area contributed by atoms with Gasteiger partial charge in [0.15, 0.2) is 0 Å². The third kappa shape index (κ3) is 2.74. The van der Waals surface area contributed by atoms with Crippen molar-refractivity contribution in [2.75, 3.05) is 19.6 Å². The van der Waals surface area contributed by atoms with Crippen molar-refractivity contribution < 1.29 is 15.0 Å². The molecule has 2 N–H and O–H groups in total. The van der Waals surface area contributed by atoms with Gasteiger partial charge in [-0.1, -0.05) is 13.8 Å². The molecule has 1 unspecified atom stereocenters. The smallest absolute Gasteiger partial charge is 0.311 e. The van der Waals surface area contributed by atoms with Crippen LogP contribution in [0, 0.1) is 11.3 Å². The molecule has 0 radical (unpaired) electrons. The average Bonchev–Trinajstić information content (AvgIpc) is 2.46. The van der Waals surface area contributed by atoms with E-state index in [4.69, 9.17) is 0 Å². The second-order valence-corrected chi connectivity index (χ2v) is 5.89. The van der Waals surface area contributed by atoms with Gasteiger partial charge in [0.1, 0.15) is 0 Å². The predicted molar refractivity (Wildman–Crippen MR) is 62.3 cm³/mol. The van der Waals surface area contributed by atoms with Crippen LogP contribution in [0.1, 0.15) is 34.1 Å². The van der Waals surface area contributed by atoms with Crippen molar-refractivity contribution in [3.8, 4) is 0 Å². The van der Waals surface area contributed by atoms with E-state index in [-0.39, 0.29) is 5.92 Å². The Bertz CT molecular complexity index is 270. The molecule has 16 heavy (non-hydrogen) atoms. The van der Waals surface area contributed by atoms with Crippen molar-refractivity contribution in [1.29, 1.82) is 0 Å².